The third-order valence-corrected chi connectivity index (χ3v) is 2.93. The summed E-state index contributed by atoms with van der Waals surface area (Å²) in [6.07, 6.45) is 5.15. The van der Waals surface area contributed by atoms with Crippen LogP contribution in [0.1, 0.15) is 18.4 Å². The molecule has 0 aliphatic rings. The van der Waals surface area contributed by atoms with E-state index in [2.05, 4.69) is 23.2 Å². The Morgan fingerprint density at radius 1 is 1.27 bits per heavy atom. The summed E-state index contributed by atoms with van der Waals surface area (Å²) in [6.45, 7) is 0.774. The number of fused-ring (bicyclic) bond motifs is 1. The highest BCUT2D eigenvalue weighted by molar-refractivity contribution is 6.35. The fourth-order valence-electron chi connectivity index (χ4n) is 1.77. The van der Waals surface area contributed by atoms with Gasteiger partial charge >= 0.3 is 0 Å². The van der Waals surface area contributed by atoms with Crippen LogP contribution in [0.2, 0.25) is 5.02 Å². The van der Waals surface area contributed by atoms with E-state index in [9.17, 15) is 0 Å². The van der Waals surface area contributed by atoms with Crippen LogP contribution in [-0.4, -0.2) is 11.5 Å². The Kier molecular flexibility index (Phi) is 3.29. The van der Waals surface area contributed by atoms with Crippen LogP contribution in [0, 0.1) is 0 Å². The van der Waals surface area contributed by atoms with E-state index in [0.29, 0.717) is 0 Å². The SMILES string of the molecule is NCCCCc1ccc2c(Cl)c[nH]c2c1. The molecular weight excluding hydrogens is 208 g/mol. The molecule has 0 aliphatic carbocycles. The minimum absolute atomic E-state index is 0.774. The van der Waals surface area contributed by atoms with Crippen molar-refractivity contribution in [3.8, 4) is 0 Å². The summed E-state index contributed by atoms with van der Waals surface area (Å²) in [4.78, 5) is 3.16. The molecule has 3 N–H and O–H groups in total. The number of nitrogens with one attached hydrogen (secondary N) is 1. The van der Waals surface area contributed by atoms with E-state index < -0.39 is 0 Å². The highest BCUT2D eigenvalue weighted by atomic mass is 35.5. The van der Waals surface area contributed by atoms with Crippen molar-refractivity contribution in [1.82, 2.24) is 4.98 Å². The fourth-order valence-corrected chi connectivity index (χ4v) is 1.99. The molecule has 2 rings (SSSR count). The van der Waals surface area contributed by atoms with Crippen LogP contribution in [0.25, 0.3) is 10.9 Å². The standard InChI is InChI=1S/C12H15ClN2/c13-11-8-15-12-7-9(3-1-2-6-14)4-5-10(11)12/h4-5,7-8,15H,1-3,6,14H2. The molecule has 0 saturated heterocycles. The van der Waals surface area contributed by atoms with E-state index in [0.717, 1.165) is 41.7 Å². The summed E-state index contributed by atoms with van der Waals surface area (Å²) in [5.41, 5.74) is 7.92. The van der Waals surface area contributed by atoms with E-state index in [1.807, 2.05) is 6.20 Å². The van der Waals surface area contributed by atoms with Gasteiger partial charge in [0, 0.05) is 17.1 Å². The van der Waals surface area contributed by atoms with Gasteiger partial charge in [0.05, 0.1) is 5.02 Å². The van der Waals surface area contributed by atoms with Crippen molar-refractivity contribution in [3.05, 3.63) is 35.0 Å². The van der Waals surface area contributed by atoms with Crippen molar-refractivity contribution in [3.63, 3.8) is 0 Å². The molecule has 0 radical (unpaired) electrons. The number of hydrogen-bond donors (Lipinski definition) is 2. The highest BCUT2D eigenvalue weighted by Gasteiger charge is 2.01. The largest absolute Gasteiger partial charge is 0.360 e. The quantitative estimate of drug-likeness (QED) is 0.767. The molecule has 0 bridgehead atoms. The number of benzene rings is 1. The first kappa shape index (κ1) is 10.5. The van der Waals surface area contributed by atoms with Gasteiger partial charge in [0.25, 0.3) is 0 Å². The number of H-pyrrole nitrogens is 1. The highest BCUT2D eigenvalue weighted by Crippen LogP contribution is 2.24. The monoisotopic (exact) mass is 222 g/mol. The van der Waals surface area contributed by atoms with Crippen LogP contribution in [-0.2, 0) is 6.42 Å². The molecule has 0 unspecified atom stereocenters. The topological polar surface area (TPSA) is 41.8 Å². The number of aromatic nitrogens is 1. The lowest BCUT2D eigenvalue weighted by Crippen LogP contribution is -1.98. The molecule has 0 aliphatic heterocycles. The van der Waals surface area contributed by atoms with Crippen LogP contribution < -0.4 is 5.73 Å². The third kappa shape index (κ3) is 2.33. The summed E-state index contributed by atoms with van der Waals surface area (Å²) in [5.74, 6) is 0. The molecule has 80 valence electrons. The van der Waals surface area contributed by atoms with Crippen LogP contribution in [0.3, 0.4) is 0 Å². The summed E-state index contributed by atoms with van der Waals surface area (Å²) >= 11 is 6.00. The lowest BCUT2D eigenvalue weighted by molar-refractivity contribution is 0.745. The van der Waals surface area contributed by atoms with Gasteiger partial charge in [0.1, 0.15) is 0 Å². The van der Waals surface area contributed by atoms with Crippen molar-refractivity contribution in [1.29, 1.82) is 0 Å². The van der Waals surface area contributed by atoms with Gasteiger partial charge in [-0.15, -0.1) is 0 Å². The number of aryl methyl sites for hydroxylation is 1. The summed E-state index contributed by atoms with van der Waals surface area (Å²) in [5, 5.41) is 1.89. The molecule has 0 spiro atoms. The molecular formula is C12H15ClN2. The van der Waals surface area contributed by atoms with Gasteiger partial charge in [-0.25, -0.2) is 0 Å². The van der Waals surface area contributed by atoms with Crippen molar-refractivity contribution in [2.45, 2.75) is 19.3 Å². The van der Waals surface area contributed by atoms with Gasteiger partial charge in [-0.1, -0.05) is 23.7 Å². The normalized spacial score (nSPS) is 11.1. The third-order valence-electron chi connectivity index (χ3n) is 2.62. The fraction of sp³-hybridized carbons (Fsp3) is 0.333. The number of unbranched alkanes of at least 4 members (excludes halogenated alkanes) is 1. The predicted octanol–water partition coefficient (Wildman–Crippen LogP) is 3.10. The molecule has 0 fully saturated rings. The van der Waals surface area contributed by atoms with E-state index in [-0.39, 0.29) is 0 Å². The number of aromatic amines is 1. The first-order valence-corrected chi connectivity index (χ1v) is 5.64. The van der Waals surface area contributed by atoms with Gasteiger partial charge in [0.15, 0.2) is 0 Å². The number of hydrogen-bond acceptors (Lipinski definition) is 1. The minimum Gasteiger partial charge on any atom is -0.360 e. The van der Waals surface area contributed by atoms with Crippen molar-refractivity contribution in [2.75, 3.05) is 6.54 Å². The summed E-state index contributed by atoms with van der Waals surface area (Å²) in [7, 11) is 0. The molecule has 1 aromatic heterocycles. The summed E-state index contributed by atoms with van der Waals surface area (Å²) < 4.78 is 0. The lowest BCUT2D eigenvalue weighted by Gasteiger charge is -2.00. The second-order valence-corrected chi connectivity index (χ2v) is 4.17. The van der Waals surface area contributed by atoms with Gasteiger partial charge < -0.3 is 10.7 Å². The zero-order chi connectivity index (χ0) is 10.7. The Hall–Kier alpha value is -0.990. The van der Waals surface area contributed by atoms with Crippen molar-refractivity contribution >= 4 is 22.5 Å². The van der Waals surface area contributed by atoms with Crippen LogP contribution >= 0.6 is 11.6 Å². The predicted molar refractivity (Wildman–Crippen MR) is 65.3 cm³/mol. The Bertz CT molecular complexity index is 448. The first-order chi connectivity index (χ1) is 7.31. The molecule has 0 saturated carbocycles. The van der Waals surface area contributed by atoms with E-state index in [4.69, 9.17) is 17.3 Å². The molecule has 2 nitrogen and oxygen atoms in total. The first-order valence-electron chi connectivity index (χ1n) is 5.27. The molecule has 1 heterocycles. The second-order valence-electron chi connectivity index (χ2n) is 3.76. The Balaban J connectivity index is 2.16. The van der Waals surface area contributed by atoms with Crippen molar-refractivity contribution in [2.24, 2.45) is 5.73 Å². The van der Waals surface area contributed by atoms with E-state index in [1.54, 1.807) is 0 Å². The zero-order valence-electron chi connectivity index (χ0n) is 8.59. The zero-order valence-corrected chi connectivity index (χ0v) is 9.35. The van der Waals surface area contributed by atoms with Gasteiger partial charge in [-0.2, -0.15) is 0 Å². The Morgan fingerprint density at radius 3 is 2.93 bits per heavy atom. The van der Waals surface area contributed by atoms with E-state index >= 15 is 0 Å². The molecule has 0 amide bonds. The van der Waals surface area contributed by atoms with Gasteiger partial charge in [-0.3, -0.25) is 0 Å². The minimum atomic E-state index is 0.774. The van der Waals surface area contributed by atoms with Crippen LogP contribution in [0.15, 0.2) is 24.4 Å². The average Bonchev–Trinajstić information content (AvgIpc) is 2.61. The van der Waals surface area contributed by atoms with E-state index in [1.165, 1.54) is 5.56 Å². The second kappa shape index (κ2) is 4.69. The molecule has 0 atom stereocenters. The van der Waals surface area contributed by atoms with Crippen LogP contribution in [0.5, 0.6) is 0 Å². The maximum absolute atomic E-state index is 6.00. The molecule has 15 heavy (non-hydrogen) atoms. The van der Waals surface area contributed by atoms with Gasteiger partial charge in [-0.05, 0) is 37.4 Å². The smallest absolute Gasteiger partial charge is 0.0659 e. The maximum atomic E-state index is 6.00. The Labute approximate surface area is 94.4 Å². The van der Waals surface area contributed by atoms with Gasteiger partial charge in [0.2, 0.25) is 0 Å². The molecule has 3 heteroatoms. The van der Waals surface area contributed by atoms with Crippen molar-refractivity contribution < 1.29 is 0 Å². The lowest BCUT2D eigenvalue weighted by atomic mass is 10.1. The number of halogens is 1. The maximum Gasteiger partial charge on any atom is 0.0659 e. The average molecular weight is 223 g/mol. The molecule has 2 aromatic rings. The van der Waals surface area contributed by atoms with Crippen LogP contribution in [0.4, 0.5) is 0 Å². The number of rotatable bonds is 4. The molecule has 1 aromatic carbocycles. The number of nitrogens with two attached hydrogens (primary N) is 1. The Morgan fingerprint density at radius 2 is 2.13 bits per heavy atom. The summed E-state index contributed by atoms with van der Waals surface area (Å²) in [6, 6.07) is 6.38.